The third kappa shape index (κ3) is 6.00. The molecule has 5 nitrogen and oxygen atoms in total. The molecular weight excluding hydrogens is 373 g/mol. The predicted octanol–water partition coefficient (Wildman–Crippen LogP) is 4.09. The molecule has 0 saturated heterocycles. The first-order chi connectivity index (χ1) is 13.2. The fourth-order valence-electron chi connectivity index (χ4n) is 2.62. The minimum Gasteiger partial charge on any atom is -0.496 e. The molecule has 0 fully saturated rings. The molecule has 0 bridgehead atoms. The third-order valence-corrected chi connectivity index (χ3v) is 4.08. The van der Waals surface area contributed by atoms with Gasteiger partial charge in [-0.3, -0.25) is 9.59 Å². The number of carbonyl (C=O) groups excluding carboxylic acids is 2. The molecule has 2 rings (SSSR count). The number of ether oxygens (including phenoxy) is 1. The summed E-state index contributed by atoms with van der Waals surface area (Å²) in [6, 6.07) is 11.6. The van der Waals surface area contributed by atoms with E-state index in [1.807, 2.05) is 18.2 Å². The zero-order chi connectivity index (χ0) is 20.7. The maximum Gasteiger partial charge on any atom is 0.416 e. The van der Waals surface area contributed by atoms with Crippen LogP contribution in [0.3, 0.4) is 0 Å². The van der Waals surface area contributed by atoms with Crippen LogP contribution in [0.15, 0.2) is 48.5 Å². The third-order valence-electron chi connectivity index (χ3n) is 4.08. The lowest BCUT2D eigenvalue weighted by atomic mass is 10.1. The van der Waals surface area contributed by atoms with Gasteiger partial charge in [0.15, 0.2) is 0 Å². The number of alkyl halides is 3. The molecule has 0 aliphatic rings. The minimum atomic E-state index is -4.49. The van der Waals surface area contributed by atoms with E-state index in [1.165, 1.54) is 31.1 Å². The number of hydrogen-bond donors (Lipinski definition) is 1. The minimum absolute atomic E-state index is 0.0506. The standard InChI is InChI=1S/C20H21F3N2O3/c1-14(26)25(13-15-6-3-4-9-18(15)28-2)11-10-19(27)24-17-8-5-7-16(12-17)20(21,22)23/h3-9,12H,10-11,13H2,1-2H3,(H,24,27). The molecule has 0 atom stereocenters. The Balaban J connectivity index is 1.98. The maximum atomic E-state index is 12.7. The number of carbonyl (C=O) groups is 2. The first-order valence-electron chi connectivity index (χ1n) is 8.55. The zero-order valence-corrected chi connectivity index (χ0v) is 15.5. The number of benzene rings is 2. The van der Waals surface area contributed by atoms with Gasteiger partial charge in [-0.25, -0.2) is 0 Å². The molecule has 0 saturated carbocycles. The van der Waals surface area contributed by atoms with Crippen molar-refractivity contribution in [2.75, 3.05) is 19.0 Å². The maximum absolute atomic E-state index is 12.7. The zero-order valence-electron chi connectivity index (χ0n) is 15.5. The first-order valence-corrected chi connectivity index (χ1v) is 8.55. The van der Waals surface area contributed by atoms with Crippen molar-refractivity contribution in [1.29, 1.82) is 0 Å². The Kier molecular flexibility index (Phi) is 7.03. The highest BCUT2D eigenvalue weighted by molar-refractivity contribution is 5.91. The van der Waals surface area contributed by atoms with E-state index in [-0.39, 0.29) is 31.1 Å². The average Bonchev–Trinajstić information content (AvgIpc) is 2.64. The van der Waals surface area contributed by atoms with Crippen LogP contribution in [-0.4, -0.2) is 30.4 Å². The molecule has 0 radical (unpaired) electrons. The Labute approximate surface area is 161 Å². The lowest BCUT2D eigenvalue weighted by Crippen LogP contribution is -2.31. The number of anilines is 1. The average molecular weight is 394 g/mol. The number of amides is 2. The van der Waals surface area contributed by atoms with Crippen molar-refractivity contribution in [3.8, 4) is 5.75 Å². The second kappa shape index (κ2) is 9.25. The van der Waals surface area contributed by atoms with Gasteiger partial charge in [-0.15, -0.1) is 0 Å². The van der Waals surface area contributed by atoms with Crippen molar-refractivity contribution in [1.82, 2.24) is 4.90 Å². The van der Waals surface area contributed by atoms with Crippen LogP contribution in [0.1, 0.15) is 24.5 Å². The Morgan fingerprint density at radius 2 is 1.82 bits per heavy atom. The van der Waals surface area contributed by atoms with Crippen molar-refractivity contribution in [3.05, 3.63) is 59.7 Å². The summed E-state index contributed by atoms with van der Waals surface area (Å²) in [4.78, 5) is 25.5. The van der Waals surface area contributed by atoms with Crippen LogP contribution >= 0.6 is 0 Å². The molecule has 2 aromatic rings. The molecule has 2 amide bonds. The van der Waals surface area contributed by atoms with Gasteiger partial charge in [0, 0.05) is 37.7 Å². The fourth-order valence-corrected chi connectivity index (χ4v) is 2.62. The summed E-state index contributed by atoms with van der Waals surface area (Å²) in [6.07, 6.45) is -4.54. The summed E-state index contributed by atoms with van der Waals surface area (Å²) < 4.78 is 43.5. The first kappa shape index (κ1) is 21.3. The molecule has 8 heteroatoms. The van der Waals surface area contributed by atoms with E-state index in [0.717, 1.165) is 17.7 Å². The largest absolute Gasteiger partial charge is 0.496 e. The Morgan fingerprint density at radius 1 is 1.11 bits per heavy atom. The van der Waals surface area contributed by atoms with Crippen LogP contribution in [0.25, 0.3) is 0 Å². The van der Waals surface area contributed by atoms with E-state index in [0.29, 0.717) is 5.75 Å². The normalized spacial score (nSPS) is 11.0. The van der Waals surface area contributed by atoms with Gasteiger partial charge in [0.05, 0.1) is 12.7 Å². The van der Waals surface area contributed by atoms with E-state index in [2.05, 4.69) is 5.32 Å². The van der Waals surface area contributed by atoms with Crippen LogP contribution in [0.4, 0.5) is 18.9 Å². The van der Waals surface area contributed by atoms with Crippen LogP contribution in [-0.2, 0) is 22.3 Å². The molecule has 2 aromatic carbocycles. The highest BCUT2D eigenvalue weighted by atomic mass is 19.4. The molecule has 1 N–H and O–H groups in total. The van der Waals surface area contributed by atoms with Crippen molar-refractivity contribution in [2.24, 2.45) is 0 Å². The second-order valence-corrected chi connectivity index (χ2v) is 6.13. The van der Waals surface area contributed by atoms with E-state index in [4.69, 9.17) is 4.74 Å². The van der Waals surface area contributed by atoms with Gasteiger partial charge in [-0.05, 0) is 24.3 Å². The van der Waals surface area contributed by atoms with Crippen LogP contribution in [0, 0.1) is 0 Å². The van der Waals surface area contributed by atoms with E-state index < -0.39 is 17.6 Å². The smallest absolute Gasteiger partial charge is 0.416 e. The molecule has 0 aliphatic heterocycles. The lowest BCUT2D eigenvalue weighted by Gasteiger charge is -2.22. The molecule has 0 heterocycles. The number of rotatable bonds is 7. The van der Waals surface area contributed by atoms with Gasteiger partial charge in [0.2, 0.25) is 11.8 Å². The summed E-state index contributed by atoms with van der Waals surface area (Å²) in [7, 11) is 1.53. The van der Waals surface area contributed by atoms with E-state index >= 15 is 0 Å². The Morgan fingerprint density at radius 3 is 2.46 bits per heavy atom. The summed E-state index contributed by atoms with van der Waals surface area (Å²) in [5.74, 6) is -0.0782. The van der Waals surface area contributed by atoms with Crippen LogP contribution in [0.2, 0.25) is 0 Å². The highest BCUT2D eigenvalue weighted by Crippen LogP contribution is 2.30. The second-order valence-electron chi connectivity index (χ2n) is 6.13. The fraction of sp³-hybridized carbons (Fsp3) is 0.300. The Hall–Kier alpha value is -3.03. The van der Waals surface area contributed by atoms with E-state index in [9.17, 15) is 22.8 Å². The quantitative estimate of drug-likeness (QED) is 0.770. The molecule has 0 aliphatic carbocycles. The van der Waals surface area contributed by atoms with Gasteiger partial charge >= 0.3 is 6.18 Å². The van der Waals surface area contributed by atoms with E-state index in [1.54, 1.807) is 6.07 Å². The molecule has 150 valence electrons. The number of methoxy groups -OCH3 is 1. The molecule has 28 heavy (non-hydrogen) atoms. The van der Waals surface area contributed by atoms with Gasteiger partial charge in [0.1, 0.15) is 5.75 Å². The lowest BCUT2D eigenvalue weighted by molar-refractivity contribution is -0.137. The van der Waals surface area contributed by atoms with Gasteiger partial charge in [-0.2, -0.15) is 13.2 Å². The summed E-state index contributed by atoms with van der Waals surface area (Å²) in [6.45, 7) is 1.77. The number of para-hydroxylation sites is 1. The molecule has 0 aromatic heterocycles. The number of nitrogens with one attached hydrogen (secondary N) is 1. The Bertz CT molecular complexity index is 837. The van der Waals surface area contributed by atoms with Gasteiger partial charge in [-0.1, -0.05) is 24.3 Å². The van der Waals surface area contributed by atoms with Crippen molar-refractivity contribution >= 4 is 17.5 Å². The number of nitrogens with zero attached hydrogens (tertiary/aromatic N) is 1. The number of hydrogen-bond acceptors (Lipinski definition) is 3. The van der Waals surface area contributed by atoms with Crippen LogP contribution in [0.5, 0.6) is 5.75 Å². The molecule has 0 unspecified atom stereocenters. The number of halogens is 3. The van der Waals surface area contributed by atoms with Gasteiger partial charge in [0.25, 0.3) is 0 Å². The van der Waals surface area contributed by atoms with Crippen LogP contribution < -0.4 is 10.1 Å². The predicted molar refractivity (Wildman–Crippen MR) is 98.8 cm³/mol. The topological polar surface area (TPSA) is 58.6 Å². The van der Waals surface area contributed by atoms with Gasteiger partial charge < -0.3 is 15.0 Å². The van der Waals surface area contributed by atoms with Crippen molar-refractivity contribution in [3.63, 3.8) is 0 Å². The molecule has 0 spiro atoms. The summed E-state index contributed by atoms with van der Waals surface area (Å²) >= 11 is 0. The highest BCUT2D eigenvalue weighted by Gasteiger charge is 2.30. The summed E-state index contributed by atoms with van der Waals surface area (Å²) in [5.41, 5.74) is 0.00394. The monoisotopic (exact) mass is 394 g/mol. The summed E-state index contributed by atoms with van der Waals surface area (Å²) in [5, 5.41) is 2.43. The van der Waals surface area contributed by atoms with Crippen molar-refractivity contribution in [2.45, 2.75) is 26.1 Å². The van der Waals surface area contributed by atoms with Crippen molar-refractivity contribution < 1.29 is 27.5 Å². The molecular formula is C20H21F3N2O3. The SMILES string of the molecule is COc1ccccc1CN(CCC(=O)Nc1cccc(C(F)(F)F)c1)C(C)=O.